The fourth-order valence-electron chi connectivity index (χ4n) is 4.74. The number of likely N-dealkylation sites (tertiary alicyclic amines) is 1. The van der Waals surface area contributed by atoms with Crippen molar-refractivity contribution in [3.05, 3.63) is 0 Å². The molecule has 4 rings (SSSR count). The number of imide groups is 1. The molecule has 2 N–H and O–H groups in total. The molecule has 0 aromatic carbocycles. The minimum Gasteiger partial charge on any atom is -0.356 e. The maximum absolute atomic E-state index is 12.6. The number of carbonyl (C=O) groups excluding carboxylic acids is 4. The first-order valence-electron chi connectivity index (χ1n) is 10.7. The molecule has 154 valence electrons. The lowest BCUT2D eigenvalue weighted by Crippen LogP contribution is -2.44. The van der Waals surface area contributed by atoms with Gasteiger partial charge in [-0.3, -0.25) is 19.3 Å². The number of hydrogen-bond donors (Lipinski definition) is 2. The van der Waals surface area contributed by atoms with Crippen LogP contribution in [0.25, 0.3) is 0 Å². The van der Waals surface area contributed by atoms with Gasteiger partial charge in [-0.15, -0.1) is 0 Å². The van der Waals surface area contributed by atoms with Crippen molar-refractivity contribution in [1.82, 2.24) is 20.4 Å². The summed E-state index contributed by atoms with van der Waals surface area (Å²) >= 11 is 0. The largest absolute Gasteiger partial charge is 0.356 e. The number of hydrogen-bond acceptors (Lipinski definition) is 4. The summed E-state index contributed by atoms with van der Waals surface area (Å²) in [5.41, 5.74) is -0.661. The van der Waals surface area contributed by atoms with Crippen LogP contribution in [-0.2, 0) is 14.4 Å². The number of urea groups is 1. The van der Waals surface area contributed by atoms with E-state index < -0.39 is 5.54 Å². The normalized spacial score (nSPS) is 24.7. The van der Waals surface area contributed by atoms with Crippen molar-refractivity contribution in [2.45, 2.75) is 63.3 Å². The van der Waals surface area contributed by atoms with Gasteiger partial charge >= 0.3 is 6.03 Å². The highest BCUT2D eigenvalue weighted by molar-refractivity contribution is 6.07. The van der Waals surface area contributed by atoms with Crippen molar-refractivity contribution in [1.29, 1.82) is 0 Å². The second-order valence-corrected chi connectivity index (χ2v) is 8.69. The molecule has 1 spiro atoms. The van der Waals surface area contributed by atoms with Crippen molar-refractivity contribution in [2.75, 3.05) is 26.2 Å². The highest BCUT2D eigenvalue weighted by atomic mass is 16.2. The minimum absolute atomic E-state index is 0.0167. The van der Waals surface area contributed by atoms with Gasteiger partial charge in [0.1, 0.15) is 5.54 Å². The Morgan fingerprint density at radius 1 is 1.04 bits per heavy atom. The Hall–Kier alpha value is -2.12. The molecule has 0 bridgehead atoms. The van der Waals surface area contributed by atoms with Gasteiger partial charge in [0, 0.05) is 38.0 Å². The average molecular weight is 390 g/mol. The third-order valence-electron chi connectivity index (χ3n) is 6.66. The van der Waals surface area contributed by atoms with E-state index in [0.717, 1.165) is 38.5 Å². The van der Waals surface area contributed by atoms with Crippen molar-refractivity contribution in [2.24, 2.45) is 11.8 Å². The molecule has 4 fully saturated rings. The molecule has 0 aromatic rings. The van der Waals surface area contributed by atoms with Gasteiger partial charge < -0.3 is 15.5 Å². The summed E-state index contributed by atoms with van der Waals surface area (Å²) in [5.74, 6) is 0.352. The number of nitrogens with zero attached hydrogens (tertiary/aromatic N) is 2. The summed E-state index contributed by atoms with van der Waals surface area (Å²) in [6, 6.07) is -0.300. The van der Waals surface area contributed by atoms with Crippen LogP contribution in [0.2, 0.25) is 0 Å². The molecule has 0 radical (unpaired) electrons. The fourth-order valence-corrected chi connectivity index (χ4v) is 4.74. The number of amides is 5. The molecule has 28 heavy (non-hydrogen) atoms. The zero-order chi connectivity index (χ0) is 19.7. The predicted molar refractivity (Wildman–Crippen MR) is 101 cm³/mol. The molecule has 2 saturated heterocycles. The monoisotopic (exact) mass is 390 g/mol. The van der Waals surface area contributed by atoms with Crippen molar-refractivity contribution in [3.63, 3.8) is 0 Å². The lowest BCUT2D eigenvalue weighted by atomic mass is 9.95. The van der Waals surface area contributed by atoms with Crippen molar-refractivity contribution < 1.29 is 19.2 Å². The van der Waals surface area contributed by atoms with Crippen LogP contribution < -0.4 is 10.6 Å². The van der Waals surface area contributed by atoms with E-state index in [9.17, 15) is 19.2 Å². The third-order valence-corrected chi connectivity index (χ3v) is 6.66. The minimum atomic E-state index is -0.661. The average Bonchev–Trinajstić information content (AvgIpc) is 3.40. The Morgan fingerprint density at radius 2 is 1.71 bits per heavy atom. The summed E-state index contributed by atoms with van der Waals surface area (Å²) in [4.78, 5) is 52.4. The molecule has 2 aliphatic carbocycles. The topological polar surface area (TPSA) is 98.8 Å². The Labute approximate surface area is 165 Å². The highest BCUT2D eigenvalue weighted by Gasteiger charge is 2.52. The second-order valence-electron chi connectivity index (χ2n) is 8.69. The Bertz CT molecular complexity index is 661. The van der Waals surface area contributed by atoms with Gasteiger partial charge in [-0.1, -0.05) is 12.8 Å². The van der Waals surface area contributed by atoms with Crippen LogP contribution in [-0.4, -0.2) is 65.3 Å². The Balaban J connectivity index is 1.16. The molecule has 2 saturated carbocycles. The van der Waals surface area contributed by atoms with E-state index in [1.165, 1.54) is 4.90 Å². The highest BCUT2D eigenvalue weighted by Crippen LogP contribution is 2.35. The van der Waals surface area contributed by atoms with Gasteiger partial charge in [-0.05, 0) is 44.9 Å². The third kappa shape index (κ3) is 3.73. The summed E-state index contributed by atoms with van der Waals surface area (Å²) in [7, 11) is 0. The van der Waals surface area contributed by atoms with Gasteiger partial charge in [0.15, 0.2) is 0 Å². The summed E-state index contributed by atoms with van der Waals surface area (Å²) in [5, 5.41) is 5.81. The van der Waals surface area contributed by atoms with Crippen LogP contribution >= 0.6 is 0 Å². The Kier molecular flexibility index (Phi) is 5.29. The molecule has 0 aromatic heterocycles. The first-order valence-corrected chi connectivity index (χ1v) is 10.7. The van der Waals surface area contributed by atoms with Gasteiger partial charge in [0.05, 0.1) is 0 Å². The number of piperidine rings is 1. The van der Waals surface area contributed by atoms with E-state index in [-0.39, 0.29) is 35.6 Å². The lowest BCUT2D eigenvalue weighted by molar-refractivity contribution is -0.136. The maximum atomic E-state index is 12.6. The molecule has 2 heterocycles. The molecule has 0 atom stereocenters. The first kappa shape index (κ1) is 19.2. The van der Waals surface area contributed by atoms with Crippen LogP contribution in [0.15, 0.2) is 0 Å². The summed E-state index contributed by atoms with van der Waals surface area (Å²) in [6.45, 7) is 2.11. The molecule has 0 unspecified atom stereocenters. The quantitative estimate of drug-likeness (QED) is 0.522. The van der Waals surface area contributed by atoms with Gasteiger partial charge in [0.25, 0.3) is 5.91 Å². The van der Waals surface area contributed by atoms with Crippen LogP contribution in [0.4, 0.5) is 4.79 Å². The van der Waals surface area contributed by atoms with E-state index in [2.05, 4.69) is 10.6 Å². The van der Waals surface area contributed by atoms with Crippen LogP contribution in [0.1, 0.15) is 57.8 Å². The van der Waals surface area contributed by atoms with E-state index in [4.69, 9.17) is 0 Å². The first-order chi connectivity index (χ1) is 13.5. The zero-order valence-electron chi connectivity index (χ0n) is 16.4. The molecule has 8 heteroatoms. The zero-order valence-corrected chi connectivity index (χ0v) is 16.4. The van der Waals surface area contributed by atoms with Crippen molar-refractivity contribution in [3.8, 4) is 0 Å². The van der Waals surface area contributed by atoms with Crippen LogP contribution in [0, 0.1) is 11.8 Å². The van der Waals surface area contributed by atoms with Gasteiger partial charge in [0.2, 0.25) is 11.8 Å². The van der Waals surface area contributed by atoms with Crippen LogP contribution in [0.3, 0.4) is 0 Å². The fraction of sp³-hybridized carbons (Fsp3) is 0.800. The maximum Gasteiger partial charge on any atom is 0.325 e. The number of nitrogens with one attached hydrogen (secondary N) is 2. The van der Waals surface area contributed by atoms with Gasteiger partial charge in [-0.25, -0.2) is 4.79 Å². The SMILES string of the molecule is O=C(NCCCN1C(=O)NC2(CCCC2)C1=O)C1CCN(C(=O)C2CC2)CC1. The second kappa shape index (κ2) is 7.72. The molecular formula is C20H30N4O4. The predicted octanol–water partition coefficient (Wildman–Crippen LogP) is 1.01. The number of rotatable bonds is 6. The van der Waals surface area contributed by atoms with Gasteiger partial charge in [-0.2, -0.15) is 0 Å². The molecule has 8 nitrogen and oxygen atoms in total. The molecule has 2 aliphatic heterocycles. The standard InChI is InChI=1S/C20H30N4O4/c25-16(14-6-12-23(13-7-14)17(26)15-4-5-15)21-10-3-11-24-18(27)20(22-19(24)28)8-1-2-9-20/h14-15H,1-13H2,(H,21,25)(H,22,28). The number of carbonyl (C=O) groups is 4. The van der Waals surface area contributed by atoms with E-state index in [1.54, 1.807) is 0 Å². The summed E-state index contributed by atoms with van der Waals surface area (Å²) in [6.07, 6.45) is 7.40. The lowest BCUT2D eigenvalue weighted by Gasteiger charge is -2.31. The van der Waals surface area contributed by atoms with Crippen LogP contribution in [0.5, 0.6) is 0 Å². The molecular weight excluding hydrogens is 360 g/mol. The smallest absolute Gasteiger partial charge is 0.325 e. The van der Waals surface area contributed by atoms with E-state index >= 15 is 0 Å². The Morgan fingerprint density at radius 3 is 2.36 bits per heavy atom. The van der Waals surface area contributed by atoms with E-state index in [1.807, 2.05) is 4.90 Å². The van der Waals surface area contributed by atoms with E-state index in [0.29, 0.717) is 45.4 Å². The molecule has 4 aliphatic rings. The summed E-state index contributed by atoms with van der Waals surface area (Å²) < 4.78 is 0. The molecule has 5 amide bonds. The van der Waals surface area contributed by atoms with Crippen molar-refractivity contribution >= 4 is 23.8 Å².